The fourth-order valence-electron chi connectivity index (χ4n) is 10.2. The molecule has 7 unspecified atom stereocenters. The van der Waals surface area contributed by atoms with Gasteiger partial charge in [0.2, 0.25) is 23.2 Å². The molecule has 4 fully saturated rings. The largest absolute Gasteiger partial charge is 0.356 e. The van der Waals surface area contributed by atoms with Gasteiger partial charge in [-0.3, -0.25) is 24.0 Å². The molecule has 12 nitrogen and oxygen atoms in total. The molecule has 0 saturated carbocycles. The molecule has 7 atom stereocenters. The molecule has 5 heterocycles. The molecule has 1 aliphatic carbocycles. The maximum atomic E-state index is 13.1. The molecule has 66 heavy (non-hydrogen) atoms. The van der Waals surface area contributed by atoms with Crippen LogP contribution in [0.25, 0.3) is 21.9 Å². The predicted molar refractivity (Wildman–Crippen MR) is 265 cm³/mol. The number of hydrogen-bond acceptors (Lipinski definition) is 9. The molecule has 0 bridgehead atoms. The quantitative estimate of drug-likeness (QED) is 0.0333. The minimum absolute atomic E-state index is 0.0261. The van der Waals surface area contributed by atoms with Crippen LogP contribution in [-0.2, 0) is 30.5 Å². The first-order chi connectivity index (χ1) is 32.2. The zero-order valence-electron chi connectivity index (χ0n) is 37.9. The highest BCUT2D eigenvalue weighted by Crippen LogP contribution is 2.40. The third-order valence-electron chi connectivity index (χ3n) is 13.8. The first-order valence-corrected chi connectivity index (χ1v) is 27.2. The van der Waals surface area contributed by atoms with Gasteiger partial charge in [0.05, 0.1) is 18.5 Å². The third-order valence-corrected chi connectivity index (χ3v) is 18.0. The smallest absolute Gasteiger partial charge is 0.315 e. The van der Waals surface area contributed by atoms with Gasteiger partial charge >= 0.3 is 6.03 Å². The summed E-state index contributed by atoms with van der Waals surface area (Å²) in [4.78, 5) is 74.5. The number of fused-ring (bicyclic) bond motifs is 4. The predicted octanol–water partition coefficient (Wildman–Crippen LogP) is 7.39. The SMILES string of the molecule is O=C(CCCNC(=O)CCCCC1SCC2CC(=O)NC21)CCC1C=C/C(=C\c2sc3ccccc3[n+]2CCC(=O)CCCNC(=O)CCCCC2SCC3NC(=O)NC32)c2ccccc21. The van der Waals surface area contributed by atoms with Crippen molar-refractivity contribution in [3.63, 3.8) is 0 Å². The Labute approximate surface area is 401 Å². The Balaban J connectivity index is 0.739. The van der Waals surface area contributed by atoms with Crippen LogP contribution in [0.5, 0.6) is 0 Å². The number of Topliss-reactive ketones (excluding diaryl/α,β-unsaturated/α-hetero) is 2. The van der Waals surface area contributed by atoms with Gasteiger partial charge in [-0.15, -0.1) is 0 Å². The Bertz CT molecular complexity index is 2310. The van der Waals surface area contributed by atoms with Crippen LogP contribution in [0.2, 0.25) is 0 Å². The van der Waals surface area contributed by atoms with Gasteiger partial charge in [0.1, 0.15) is 16.3 Å². The summed E-state index contributed by atoms with van der Waals surface area (Å²) in [7, 11) is 0. The number of benzene rings is 2. The summed E-state index contributed by atoms with van der Waals surface area (Å²) in [6, 6.07) is 17.4. The van der Waals surface area contributed by atoms with Crippen LogP contribution in [0.1, 0.15) is 125 Å². The summed E-state index contributed by atoms with van der Waals surface area (Å²) in [5.74, 6) is 3.23. The number of rotatable bonds is 25. The Hall–Kier alpha value is -4.47. The summed E-state index contributed by atoms with van der Waals surface area (Å²) in [6.45, 7) is 1.57. The van der Waals surface area contributed by atoms with Crippen LogP contribution < -0.4 is 31.2 Å². The van der Waals surface area contributed by atoms with Gasteiger partial charge in [-0.25, -0.2) is 4.79 Å². The van der Waals surface area contributed by atoms with Crippen molar-refractivity contribution in [3.8, 4) is 0 Å². The number of thiazole rings is 1. The fraction of sp³-hybridized carbons (Fsp3) is 0.549. The highest BCUT2D eigenvalue weighted by Gasteiger charge is 2.43. The third kappa shape index (κ3) is 12.7. The number of urea groups is 1. The molecule has 1 aromatic heterocycles. The standard InChI is InChI=1S/C51H64N6O6S3/c58-36(11-9-26-52-45(60)19-7-5-17-43-49-35(31-64-43)29-47(62)55-49)24-23-33-21-22-34(39-14-2-1-13-38(33)39)30-48-57(41-15-3-4-16-42(41)66-48)28-25-37(59)12-10-27-53-46(61)20-8-6-18-44-50-40(32-65-44)54-51(63)56-50/h1-4,13-16,21-22,30,33,35,40,43-44,49-50H,5-12,17-20,23-29,31-32H2,(H4-,52,53,54,55,56,60,61,62,63)/p+1/b34-30+. The number of thioether (sulfide) groups is 2. The summed E-state index contributed by atoms with van der Waals surface area (Å²) in [5, 5.41) is 17.1. The van der Waals surface area contributed by atoms with Crippen LogP contribution in [-0.4, -0.2) is 88.5 Å². The second kappa shape index (κ2) is 23.5. The molecule has 4 aliphatic heterocycles. The summed E-state index contributed by atoms with van der Waals surface area (Å²) in [5.41, 5.74) is 4.56. The van der Waals surface area contributed by atoms with Crippen LogP contribution in [0.4, 0.5) is 4.79 Å². The van der Waals surface area contributed by atoms with Gasteiger partial charge < -0.3 is 26.6 Å². The van der Waals surface area contributed by atoms with Crippen molar-refractivity contribution >= 4 is 92.0 Å². The second-order valence-corrected chi connectivity index (χ2v) is 22.1. The lowest BCUT2D eigenvalue weighted by Gasteiger charge is -2.22. The monoisotopic (exact) mass is 953 g/mol. The van der Waals surface area contributed by atoms with E-state index in [9.17, 15) is 28.8 Å². The zero-order chi connectivity index (χ0) is 45.8. The number of nitrogens with zero attached hydrogens (tertiary/aromatic N) is 1. The number of amides is 5. The molecule has 8 rings (SSSR count). The number of aryl methyl sites for hydroxylation is 1. The molecule has 5 amide bonds. The topological polar surface area (TPSA) is 166 Å². The lowest BCUT2D eigenvalue weighted by molar-refractivity contribution is -0.667. The van der Waals surface area contributed by atoms with Crippen molar-refractivity contribution < 1.29 is 33.3 Å². The van der Waals surface area contributed by atoms with Gasteiger partial charge in [0, 0.05) is 92.0 Å². The summed E-state index contributed by atoms with van der Waals surface area (Å²) < 4.78 is 3.41. The Morgan fingerprint density at radius 3 is 2.15 bits per heavy atom. The van der Waals surface area contributed by atoms with E-state index in [1.807, 2.05) is 35.7 Å². The molecule has 0 spiro atoms. The van der Waals surface area contributed by atoms with Crippen molar-refractivity contribution in [1.82, 2.24) is 26.6 Å². The van der Waals surface area contributed by atoms with Crippen LogP contribution in [0.3, 0.4) is 0 Å². The van der Waals surface area contributed by atoms with E-state index in [0.717, 1.165) is 82.8 Å². The maximum Gasteiger partial charge on any atom is 0.315 e. The summed E-state index contributed by atoms with van der Waals surface area (Å²) in [6.07, 6.45) is 17.6. The van der Waals surface area contributed by atoms with Crippen molar-refractivity contribution in [2.75, 3.05) is 24.6 Å². The zero-order valence-corrected chi connectivity index (χ0v) is 40.3. The van der Waals surface area contributed by atoms with Crippen molar-refractivity contribution in [1.29, 1.82) is 0 Å². The van der Waals surface area contributed by atoms with Crippen molar-refractivity contribution in [2.24, 2.45) is 5.92 Å². The van der Waals surface area contributed by atoms with Gasteiger partial charge in [-0.1, -0.05) is 72.7 Å². The van der Waals surface area contributed by atoms with E-state index in [1.165, 1.54) is 5.56 Å². The number of aromatic nitrogens is 1. The maximum absolute atomic E-state index is 13.1. The van der Waals surface area contributed by atoms with E-state index in [4.69, 9.17) is 0 Å². The minimum Gasteiger partial charge on any atom is -0.356 e. The molecule has 3 aromatic rings. The van der Waals surface area contributed by atoms with Crippen LogP contribution in [0, 0.1) is 5.92 Å². The first kappa shape index (κ1) is 48.0. The number of allylic oxidation sites excluding steroid dienone is 3. The lowest BCUT2D eigenvalue weighted by Crippen LogP contribution is -2.36. The number of carbonyl (C=O) groups excluding carboxylic acids is 6. The van der Waals surface area contributed by atoms with E-state index in [-0.39, 0.29) is 53.3 Å². The van der Waals surface area contributed by atoms with E-state index in [0.29, 0.717) is 99.9 Å². The molecule has 5 N–H and O–H groups in total. The number of para-hydroxylation sites is 1. The summed E-state index contributed by atoms with van der Waals surface area (Å²) >= 11 is 5.57. The highest BCUT2D eigenvalue weighted by molar-refractivity contribution is 8.00. The molecule has 4 saturated heterocycles. The number of ketones is 2. The molecule has 2 aromatic carbocycles. The Morgan fingerprint density at radius 1 is 0.697 bits per heavy atom. The van der Waals surface area contributed by atoms with Crippen LogP contribution in [0.15, 0.2) is 60.7 Å². The average Bonchev–Trinajstić information content (AvgIpc) is 4.14. The molecule has 5 aliphatic rings. The van der Waals surface area contributed by atoms with Gasteiger partial charge in [-0.05, 0) is 79.4 Å². The van der Waals surface area contributed by atoms with E-state index in [1.54, 1.807) is 11.3 Å². The fourth-order valence-corrected chi connectivity index (χ4v) is 14.5. The normalized spacial score (nSPS) is 24.4. The number of nitrogens with one attached hydrogen (secondary N) is 5. The van der Waals surface area contributed by atoms with Gasteiger partial charge in [0.15, 0.2) is 6.54 Å². The average molecular weight is 954 g/mol. The Morgan fingerprint density at radius 2 is 1.38 bits per heavy atom. The first-order valence-electron chi connectivity index (χ1n) is 24.3. The van der Waals surface area contributed by atoms with E-state index >= 15 is 0 Å². The van der Waals surface area contributed by atoms with Crippen molar-refractivity contribution in [2.45, 2.75) is 144 Å². The second-order valence-electron chi connectivity index (χ2n) is 18.5. The highest BCUT2D eigenvalue weighted by atomic mass is 32.2. The number of carbonyl (C=O) groups is 6. The molecule has 15 heteroatoms. The molecular weight excluding hydrogens is 889 g/mol. The minimum atomic E-state index is -0.0718. The number of hydrogen-bond donors (Lipinski definition) is 5. The lowest BCUT2D eigenvalue weighted by atomic mass is 9.82. The van der Waals surface area contributed by atoms with Crippen molar-refractivity contribution in [3.05, 3.63) is 76.8 Å². The Kier molecular flexibility index (Phi) is 17.1. The molecule has 352 valence electrons. The van der Waals surface area contributed by atoms with E-state index in [2.05, 4.69) is 85.8 Å². The number of unbranched alkanes of at least 4 members (excludes halogenated alkanes) is 2. The van der Waals surface area contributed by atoms with Crippen LogP contribution >= 0.6 is 34.9 Å². The molecular formula is C51H65N6O6S3+. The van der Waals surface area contributed by atoms with Gasteiger partial charge in [-0.2, -0.15) is 28.1 Å². The van der Waals surface area contributed by atoms with E-state index < -0.39 is 0 Å². The molecule has 0 radical (unpaired) electrons. The van der Waals surface area contributed by atoms with Gasteiger partial charge in [0.25, 0.3) is 5.01 Å².